The molecule has 3 aromatic rings. The lowest BCUT2D eigenvalue weighted by Gasteiger charge is -2.12. The van der Waals surface area contributed by atoms with E-state index in [1.54, 1.807) is 12.1 Å². The number of nitro benzene ring substituents is 1. The highest BCUT2D eigenvalue weighted by Crippen LogP contribution is 2.23. The maximum Gasteiger partial charge on any atom is 0.271 e. The van der Waals surface area contributed by atoms with Crippen LogP contribution < -0.4 is 5.32 Å². The Morgan fingerprint density at radius 2 is 1.92 bits per heavy atom. The number of aryl methyl sites for hydroxylation is 2. The van der Waals surface area contributed by atoms with Crippen molar-refractivity contribution in [3.8, 4) is 0 Å². The van der Waals surface area contributed by atoms with Crippen LogP contribution in [0.2, 0.25) is 0 Å². The number of amides is 1. The third-order valence-electron chi connectivity index (χ3n) is 4.16. The number of fused-ring (bicyclic) bond motifs is 1. The Bertz CT molecular complexity index is 983. The van der Waals surface area contributed by atoms with Crippen LogP contribution in [0.1, 0.15) is 16.8 Å². The second-order valence-electron chi connectivity index (χ2n) is 5.85. The second kappa shape index (κ2) is 6.68. The summed E-state index contributed by atoms with van der Waals surface area (Å²) in [5.41, 5.74) is 3.96. The van der Waals surface area contributed by atoms with Crippen molar-refractivity contribution in [3.63, 3.8) is 0 Å². The van der Waals surface area contributed by atoms with Crippen molar-refractivity contribution in [3.05, 3.63) is 75.5 Å². The Morgan fingerprint density at radius 3 is 2.68 bits per heavy atom. The van der Waals surface area contributed by atoms with Crippen LogP contribution in [0.4, 0.5) is 11.4 Å². The first-order valence-corrected chi connectivity index (χ1v) is 7.85. The molecule has 0 saturated heterocycles. The summed E-state index contributed by atoms with van der Waals surface area (Å²) in [4.78, 5) is 27.3. The zero-order chi connectivity index (χ0) is 18.0. The normalized spacial score (nSPS) is 10.6. The van der Waals surface area contributed by atoms with Crippen molar-refractivity contribution in [2.75, 3.05) is 5.32 Å². The predicted molar refractivity (Wildman–Crippen MR) is 96.6 cm³/mol. The minimum atomic E-state index is -0.489. The molecule has 2 aromatic carbocycles. The van der Waals surface area contributed by atoms with E-state index in [9.17, 15) is 14.9 Å². The molecule has 25 heavy (non-hydrogen) atoms. The van der Waals surface area contributed by atoms with Gasteiger partial charge in [0.1, 0.15) is 0 Å². The van der Waals surface area contributed by atoms with E-state index in [0.717, 1.165) is 27.7 Å². The van der Waals surface area contributed by atoms with Crippen LogP contribution in [0.5, 0.6) is 0 Å². The largest absolute Gasteiger partial charge is 0.326 e. The number of pyridine rings is 1. The number of rotatable bonds is 4. The van der Waals surface area contributed by atoms with Crippen LogP contribution in [0.3, 0.4) is 0 Å². The first-order chi connectivity index (χ1) is 12.0. The SMILES string of the molecule is Cc1nc2ccccc2c(C)c1CC(=O)Nc1cccc([N+](=O)[O-])c1. The number of carbonyl (C=O) groups is 1. The molecule has 0 unspecified atom stereocenters. The van der Waals surface area contributed by atoms with Gasteiger partial charge in [-0.2, -0.15) is 0 Å². The van der Waals surface area contributed by atoms with E-state index in [1.807, 2.05) is 38.1 Å². The summed E-state index contributed by atoms with van der Waals surface area (Å²) in [5.74, 6) is -0.233. The fourth-order valence-corrected chi connectivity index (χ4v) is 2.89. The number of hydrogen-bond acceptors (Lipinski definition) is 4. The molecule has 3 rings (SSSR count). The summed E-state index contributed by atoms with van der Waals surface area (Å²) in [6, 6.07) is 13.7. The van der Waals surface area contributed by atoms with E-state index in [-0.39, 0.29) is 18.0 Å². The van der Waals surface area contributed by atoms with Crippen LogP contribution in [0, 0.1) is 24.0 Å². The average Bonchev–Trinajstić information content (AvgIpc) is 2.59. The lowest BCUT2D eigenvalue weighted by molar-refractivity contribution is -0.384. The predicted octanol–water partition coefficient (Wildman–Crippen LogP) is 3.94. The molecule has 126 valence electrons. The molecule has 6 heteroatoms. The molecule has 0 aliphatic heterocycles. The average molecular weight is 335 g/mol. The molecule has 0 aliphatic carbocycles. The van der Waals surface area contributed by atoms with Gasteiger partial charge in [0.25, 0.3) is 5.69 Å². The van der Waals surface area contributed by atoms with Gasteiger partial charge >= 0.3 is 0 Å². The molecule has 0 radical (unpaired) electrons. The van der Waals surface area contributed by atoms with Crippen molar-refractivity contribution in [2.24, 2.45) is 0 Å². The third-order valence-corrected chi connectivity index (χ3v) is 4.16. The molecule has 0 spiro atoms. The standard InChI is InChI=1S/C19H17N3O3/c1-12-16-8-3-4-9-18(16)20-13(2)17(12)11-19(23)21-14-6-5-7-15(10-14)22(24)25/h3-10H,11H2,1-2H3,(H,21,23). The number of nitro groups is 1. The van der Waals surface area contributed by atoms with Gasteiger partial charge in [-0.3, -0.25) is 19.9 Å². The zero-order valence-corrected chi connectivity index (χ0v) is 13.9. The number of aromatic nitrogens is 1. The zero-order valence-electron chi connectivity index (χ0n) is 13.9. The van der Waals surface area contributed by atoms with E-state index in [1.165, 1.54) is 12.1 Å². The Kier molecular flexibility index (Phi) is 4.43. The Morgan fingerprint density at radius 1 is 1.16 bits per heavy atom. The van der Waals surface area contributed by atoms with Crippen molar-refractivity contribution >= 4 is 28.2 Å². The maximum absolute atomic E-state index is 12.4. The first kappa shape index (κ1) is 16.6. The quantitative estimate of drug-likeness (QED) is 0.578. The molecule has 0 atom stereocenters. The fourth-order valence-electron chi connectivity index (χ4n) is 2.89. The number of para-hydroxylation sites is 1. The molecule has 0 fully saturated rings. The lowest BCUT2D eigenvalue weighted by Crippen LogP contribution is -2.16. The topological polar surface area (TPSA) is 85.1 Å². The van der Waals surface area contributed by atoms with Gasteiger partial charge in [-0.05, 0) is 37.1 Å². The van der Waals surface area contributed by atoms with Crippen LogP contribution in [0.15, 0.2) is 48.5 Å². The second-order valence-corrected chi connectivity index (χ2v) is 5.85. The highest BCUT2D eigenvalue weighted by molar-refractivity contribution is 5.94. The molecule has 0 saturated carbocycles. The van der Waals surface area contributed by atoms with Gasteiger partial charge in [0.15, 0.2) is 0 Å². The van der Waals surface area contributed by atoms with Crippen molar-refractivity contribution < 1.29 is 9.72 Å². The van der Waals surface area contributed by atoms with Crippen LogP contribution in [-0.2, 0) is 11.2 Å². The van der Waals surface area contributed by atoms with E-state index >= 15 is 0 Å². The molecule has 6 nitrogen and oxygen atoms in total. The van der Waals surface area contributed by atoms with Gasteiger partial charge in [-0.1, -0.05) is 24.3 Å². The van der Waals surface area contributed by atoms with Crippen molar-refractivity contribution in [1.82, 2.24) is 4.98 Å². The summed E-state index contributed by atoms with van der Waals surface area (Å²) in [6.07, 6.45) is 0.165. The molecular formula is C19H17N3O3. The van der Waals surface area contributed by atoms with Gasteiger partial charge in [-0.25, -0.2) is 0 Å². The molecule has 1 heterocycles. The van der Waals surface area contributed by atoms with Crippen LogP contribution in [0.25, 0.3) is 10.9 Å². The summed E-state index contributed by atoms with van der Waals surface area (Å²) in [5, 5.41) is 14.6. The number of nitrogens with one attached hydrogen (secondary N) is 1. The number of nitrogens with zero attached hydrogens (tertiary/aromatic N) is 2. The highest BCUT2D eigenvalue weighted by Gasteiger charge is 2.14. The van der Waals surface area contributed by atoms with Gasteiger partial charge in [0.2, 0.25) is 5.91 Å². The van der Waals surface area contributed by atoms with Crippen molar-refractivity contribution in [1.29, 1.82) is 0 Å². The summed E-state index contributed by atoms with van der Waals surface area (Å²) in [7, 11) is 0. The third kappa shape index (κ3) is 3.47. The van der Waals surface area contributed by atoms with Gasteiger partial charge in [-0.15, -0.1) is 0 Å². The lowest BCUT2D eigenvalue weighted by atomic mass is 9.99. The molecule has 0 aliphatic rings. The minimum Gasteiger partial charge on any atom is -0.326 e. The Balaban J connectivity index is 1.85. The number of hydrogen-bond donors (Lipinski definition) is 1. The van der Waals surface area contributed by atoms with Gasteiger partial charge in [0.05, 0.1) is 16.9 Å². The van der Waals surface area contributed by atoms with E-state index in [0.29, 0.717) is 5.69 Å². The summed E-state index contributed by atoms with van der Waals surface area (Å²) < 4.78 is 0. The molecule has 0 bridgehead atoms. The van der Waals surface area contributed by atoms with E-state index in [2.05, 4.69) is 10.3 Å². The minimum absolute atomic E-state index is 0.0578. The van der Waals surface area contributed by atoms with Crippen LogP contribution in [-0.4, -0.2) is 15.8 Å². The Hall–Kier alpha value is -3.28. The number of carbonyl (C=O) groups excluding carboxylic acids is 1. The fraction of sp³-hybridized carbons (Fsp3) is 0.158. The molecule has 1 N–H and O–H groups in total. The highest BCUT2D eigenvalue weighted by atomic mass is 16.6. The summed E-state index contributed by atoms with van der Waals surface area (Å²) >= 11 is 0. The molecule has 1 aromatic heterocycles. The summed E-state index contributed by atoms with van der Waals surface area (Å²) in [6.45, 7) is 3.86. The van der Waals surface area contributed by atoms with Crippen LogP contribution >= 0.6 is 0 Å². The van der Waals surface area contributed by atoms with Gasteiger partial charge < -0.3 is 5.32 Å². The molecule has 1 amide bonds. The smallest absolute Gasteiger partial charge is 0.271 e. The molecular weight excluding hydrogens is 318 g/mol. The van der Waals surface area contributed by atoms with E-state index in [4.69, 9.17) is 0 Å². The number of non-ortho nitro benzene ring substituents is 1. The van der Waals surface area contributed by atoms with E-state index < -0.39 is 4.92 Å². The monoisotopic (exact) mass is 335 g/mol. The number of anilines is 1. The maximum atomic E-state index is 12.4. The number of benzene rings is 2. The first-order valence-electron chi connectivity index (χ1n) is 7.85. The van der Waals surface area contributed by atoms with Gasteiger partial charge in [0, 0.05) is 28.9 Å². The Labute approximate surface area is 144 Å². The van der Waals surface area contributed by atoms with Crippen molar-refractivity contribution in [2.45, 2.75) is 20.3 Å².